The molecule has 1 atom stereocenters. The van der Waals surface area contributed by atoms with E-state index in [4.69, 9.17) is 0 Å². The van der Waals surface area contributed by atoms with Crippen molar-refractivity contribution in [3.05, 3.63) is 79.8 Å². The largest absolute Gasteiger partial charge is 0.507 e. The van der Waals surface area contributed by atoms with Gasteiger partial charge in [-0.15, -0.1) is 0 Å². The van der Waals surface area contributed by atoms with Gasteiger partial charge in [-0.25, -0.2) is 0 Å². The maximum absolute atomic E-state index is 13.0. The third-order valence-electron chi connectivity index (χ3n) is 5.63. The van der Waals surface area contributed by atoms with Gasteiger partial charge in [0.25, 0.3) is 17.4 Å². The Morgan fingerprint density at radius 3 is 2.22 bits per heavy atom. The van der Waals surface area contributed by atoms with Gasteiger partial charge < -0.3 is 14.9 Å². The van der Waals surface area contributed by atoms with Crippen molar-refractivity contribution in [3.63, 3.8) is 0 Å². The van der Waals surface area contributed by atoms with Crippen molar-refractivity contribution in [2.75, 3.05) is 26.2 Å². The minimum Gasteiger partial charge on any atom is -0.507 e. The number of likely N-dealkylation sites (N-methyl/N-ethyl adjacent to an activating group) is 1. The molecule has 1 aliphatic rings. The first kappa shape index (κ1) is 23.6. The van der Waals surface area contributed by atoms with Crippen LogP contribution in [-0.4, -0.2) is 57.7 Å². The Kier molecular flexibility index (Phi) is 7.42. The molecule has 8 nitrogen and oxygen atoms in total. The fourth-order valence-electron chi connectivity index (χ4n) is 3.79. The topological polar surface area (TPSA) is 104 Å². The molecule has 0 bridgehead atoms. The summed E-state index contributed by atoms with van der Waals surface area (Å²) in [6.45, 7) is 6.59. The standard InChI is InChI=1S/C23H24BrN3O5/c1-3-25(4-2)13-14-26-20(15-5-9-17(24)10-6-15)19(22(29)23(26)30)21(28)16-7-11-18(12-8-16)27(31)32/h5-12,20,28H,3-4,13-14H2,1-2H3/b21-19+/t20-/m1/s1. The van der Waals surface area contributed by atoms with Gasteiger partial charge >= 0.3 is 0 Å². The van der Waals surface area contributed by atoms with Crippen LogP contribution in [0.15, 0.2) is 58.6 Å². The molecule has 1 saturated heterocycles. The Hall–Kier alpha value is -3.04. The molecule has 1 fully saturated rings. The predicted molar refractivity (Wildman–Crippen MR) is 124 cm³/mol. The summed E-state index contributed by atoms with van der Waals surface area (Å²) in [6.07, 6.45) is 0. The van der Waals surface area contributed by atoms with E-state index in [1.807, 2.05) is 26.0 Å². The van der Waals surface area contributed by atoms with Gasteiger partial charge in [0.1, 0.15) is 5.76 Å². The number of nitrogens with zero attached hydrogens (tertiary/aromatic N) is 3. The highest BCUT2D eigenvalue weighted by Crippen LogP contribution is 2.39. The van der Waals surface area contributed by atoms with Crippen molar-refractivity contribution >= 4 is 39.1 Å². The number of nitro benzene ring substituents is 1. The highest BCUT2D eigenvalue weighted by Gasteiger charge is 2.45. The van der Waals surface area contributed by atoms with Crippen LogP contribution >= 0.6 is 15.9 Å². The molecule has 0 spiro atoms. The van der Waals surface area contributed by atoms with Crippen molar-refractivity contribution in [3.8, 4) is 0 Å². The number of hydrogen-bond donors (Lipinski definition) is 1. The number of nitro groups is 1. The molecule has 0 aromatic heterocycles. The minimum absolute atomic E-state index is 0.0225. The SMILES string of the molecule is CCN(CC)CCN1C(=O)C(=O)/C(=C(/O)c2ccc([N+](=O)[O-])cc2)[C@H]1c1ccc(Br)cc1. The third-order valence-corrected chi connectivity index (χ3v) is 6.16. The summed E-state index contributed by atoms with van der Waals surface area (Å²) in [6, 6.07) is 11.7. The number of Topliss-reactive ketones (excluding diaryl/α,β-unsaturated/α-hetero) is 1. The summed E-state index contributed by atoms with van der Waals surface area (Å²) >= 11 is 3.39. The first-order valence-electron chi connectivity index (χ1n) is 10.3. The number of aliphatic hydroxyl groups is 1. The molecular weight excluding hydrogens is 478 g/mol. The van der Waals surface area contributed by atoms with Gasteiger partial charge in [0.05, 0.1) is 16.5 Å². The molecule has 2 aromatic rings. The van der Waals surface area contributed by atoms with E-state index < -0.39 is 22.7 Å². The summed E-state index contributed by atoms with van der Waals surface area (Å²) in [7, 11) is 0. The van der Waals surface area contributed by atoms with Gasteiger partial charge in [0.15, 0.2) is 0 Å². The molecular formula is C23H24BrN3O5. The molecule has 1 aliphatic heterocycles. The monoisotopic (exact) mass is 501 g/mol. The molecule has 9 heteroatoms. The molecule has 32 heavy (non-hydrogen) atoms. The Balaban J connectivity index is 2.08. The molecule has 1 heterocycles. The van der Waals surface area contributed by atoms with E-state index in [-0.39, 0.29) is 22.6 Å². The first-order valence-corrected chi connectivity index (χ1v) is 11.1. The Labute approximate surface area is 194 Å². The smallest absolute Gasteiger partial charge is 0.295 e. The van der Waals surface area contributed by atoms with E-state index >= 15 is 0 Å². The zero-order valence-electron chi connectivity index (χ0n) is 17.8. The average Bonchev–Trinajstić information content (AvgIpc) is 3.04. The molecule has 0 saturated carbocycles. The van der Waals surface area contributed by atoms with Crippen LogP contribution in [0.4, 0.5) is 5.69 Å². The van der Waals surface area contributed by atoms with Crippen LogP contribution in [0.1, 0.15) is 31.0 Å². The Bertz CT molecular complexity index is 1050. The highest BCUT2D eigenvalue weighted by atomic mass is 79.9. The third kappa shape index (κ3) is 4.73. The molecule has 1 amide bonds. The quantitative estimate of drug-likeness (QED) is 0.192. The van der Waals surface area contributed by atoms with Crippen molar-refractivity contribution < 1.29 is 19.6 Å². The normalized spacial score (nSPS) is 17.9. The lowest BCUT2D eigenvalue weighted by molar-refractivity contribution is -0.384. The lowest BCUT2D eigenvalue weighted by Gasteiger charge is -2.28. The second-order valence-electron chi connectivity index (χ2n) is 7.37. The highest BCUT2D eigenvalue weighted by molar-refractivity contribution is 9.10. The molecule has 0 aliphatic carbocycles. The zero-order valence-corrected chi connectivity index (χ0v) is 19.4. The van der Waals surface area contributed by atoms with Gasteiger partial charge in [-0.05, 0) is 42.9 Å². The summed E-state index contributed by atoms with van der Waals surface area (Å²) in [5.74, 6) is -1.79. The predicted octanol–water partition coefficient (Wildman–Crippen LogP) is 4.12. The summed E-state index contributed by atoms with van der Waals surface area (Å²) < 4.78 is 0.844. The molecule has 168 valence electrons. The lowest BCUT2D eigenvalue weighted by atomic mass is 9.95. The molecule has 1 N–H and O–H groups in total. The number of amides is 1. The summed E-state index contributed by atoms with van der Waals surface area (Å²) in [5.41, 5.74) is 0.770. The van der Waals surface area contributed by atoms with Gasteiger partial charge in [-0.1, -0.05) is 41.9 Å². The van der Waals surface area contributed by atoms with Gasteiger partial charge in [-0.2, -0.15) is 0 Å². The number of ketones is 1. The van der Waals surface area contributed by atoms with Crippen LogP contribution < -0.4 is 0 Å². The van der Waals surface area contributed by atoms with Crippen molar-refractivity contribution in [2.24, 2.45) is 0 Å². The number of non-ortho nitro benzene ring substituents is 1. The summed E-state index contributed by atoms with van der Waals surface area (Å²) in [4.78, 5) is 40.0. The Morgan fingerprint density at radius 1 is 1.09 bits per heavy atom. The summed E-state index contributed by atoms with van der Waals surface area (Å²) in [5, 5.41) is 21.9. The number of likely N-dealkylation sites (tertiary alicyclic amines) is 1. The van der Waals surface area contributed by atoms with Crippen LogP contribution in [0, 0.1) is 10.1 Å². The van der Waals surface area contributed by atoms with Crippen molar-refractivity contribution in [2.45, 2.75) is 19.9 Å². The van der Waals surface area contributed by atoms with Crippen LogP contribution in [-0.2, 0) is 9.59 Å². The maximum Gasteiger partial charge on any atom is 0.295 e. The van der Waals surface area contributed by atoms with Crippen LogP contribution in [0.25, 0.3) is 5.76 Å². The fraction of sp³-hybridized carbons (Fsp3) is 0.304. The van der Waals surface area contributed by atoms with Crippen molar-refractivity contribution in [1.82, 2.24) is 9.80 Å². The van der Waals surface area contributed by atoms with E-state index in [9.17, 15) is 24.8 Å². The zero-order chi connectivity index (χ0) is 23.4. The molecule has 3 rings (SSSR count). The number of carbonyl (C=O) groups is 2. The second kappa shape index (κ2) is 10.1. The van der Waals surface area contributed by atoms with Gasteiger partial charge in [0.2, 0.25) is 0 Å². The average molecular weight is 502 g/mol. The molecule has 2 aromatic carbocycles. The number of aliphatic hydroxyl groups excluding tert-OH is 1. The van der Waals surface area contributed by atoms with Gasteiger partial charge in [-0.3, -0.25) is 19.7 Å². The number of halogens is 1. The van der Waals surface area contributed by atoms with E-state index in [2.05, 4.69) is 20.8 Å². The van der Waals surface area contributed by atoms with Gasteiger partial charge in [0, 0.05) is 35.3 Å². The van der Waals surface area contributed by atoms with E-state index in [0.717, 1.165) is 17.6 Å². The lowest BCUT2D eigenvalue weighted by Crippen LogP contribution is -2.38. The number of benzene rings is 2. The van der Waals surface area contributed by atoms with E-state index in [0.29, 0.717) is 18.7 Å². The van der Waals surface area contributed by atoms with Crippen LogP contribution in [0.5, 0.6) is 0 Å². The minimum atomic E-state index is -0.770. The molecule has 0 unspecified atom stereocenters. The fourth-order valence-corrected chi connectivity index (χ4v) is 4.05. The number of rotatable bonds is 8. The van der Waals surface area contributed by atoms with E-state index in [1.165, 1.54) is 29.2 Å². The van der Waals surface area contributed by atoms with Crippen LogP contribution in [0.3, 0.4) is 0 Å². The van der Waals surface area contributed by atoms with Crippen molar-refractivity contribution in [1.29, 1.82) is 0 Å². The Morgan fingerprint density at radius 2 is 1.69 bits per heavy atom. The number of hydrogen-bond acceptors (Lipinski definition) is 6. The van der Waals surface area contributed by atoms with Crippen LogP contribution in [0.2, 0.25) is 0 Å². The molecule has 0 radical (unpaired) electrons. The maximum atomic E-state index is 13.0. The first-order chi connectivity index (χ1) is 15.3. The van der Waals surface area contributed by atoms with E-state index in [1.54, 1.807) is 12.1 Å². The second-order valence-corrected chi connectivity index (χ2v) is 8.29. The number of carbonyl (C=O) groups excluding carboxylic acids is 2.